The summed E-state index contributed by atoms with van der Waals surface area (Å²) in [4.78, 5) is 3.45. The second kappa shape index (κ2) is 10.3. The second-order valence-corrected chi connectivity index (χ2v) is 11.7. The first-order chi connectivity index (χ1) is 19.9. The summed E-state index contributed by atoms with van der Waals surface area (Å²) in [6, 6.07) is 26.8. The number of rotatable bonds is 4. The van der Waals surface area contributed by atoms with Crippen LogP contribution in [0.1, 0.15) is 29.0 Å². The van der Waals surface area contributed by atoms with Gasteiger partial charge in [-0.05, 0) is 42.5 Å². The first-order valence-corrected chi connectivity index (χ1v) is 14.5. The van der Waals surface area contributed by atoms with Crippen LogP contribution in [0.5, 0.6) is 0 Å². The quantitative estimate of drug-likeness (QED) is 0.197. The van der Waals surface area contributed by atoms with E-state index in [0.29, 0.717) is 48.3 Å². The lowest BCUT2D eigenvalue weighted by atomic mass is 9.91. The molecule has 9 heteroatoms. The predicted molar refractivity (Wildman–Crippen MR) is 161 cm³/mol. The number of H-pyrrole nitrogens is 1. The monoisotopic (exact) mass is 675 g/mol. The zero-order valence-corrected chi connectivity index (χ0v) is 24.5. The van der Waals surface area contributed by atoms with Crippen LogP contribution in [0.25, 0.3) is 39.1 Å². The van der Waals surface area contributed by atoms with E-state index in [-0.39, 0.29) is 6.61 Å². The number of aromatic amines is 1. The number of ether oxygens (including phenoxy) is 1. The van der Waals surface area contributed by atoms with Crippen LogP contribution in [0.3, 0.4) is 0 Å². The minimum Gasteiger partial charge on any atom is -0.384 e. The summed E-state index contributed by atoms with van der Waals surface area (Å²) in [7, 11) is 0. The Morgan fingerprint density at radius 2 is 1.59 bits per heavy atom. The van der Waals surface area contributed by atoms with Gasteiger partial charge in [0.25, 0.3) is 0 Å². The number of benzene rings is 4. The van der Waals surface area contributed by atoms with Gasteiger partial charge in [-0.25, -0.2) is 13.5 Å². The molecular weight excluding hydrogens is 656 g/mol. The molecular formula is C32H21Br2F2N3O2. The molecule has 0 aliphatic carbocycles. The molecule has 0 amide bonds. The topological polar surface area (TPSA) is 63.1 Å². The van der Waals surface area contributed by atoms with E-state index in [9.17, 15) is 5.11 Å². The Morgan fingerprint density at radius 1 is 0.878 bits per heavy atom. The minimum absolute atomic E-state index is 0.0496. The van der Waals surface area contributed by atoms with Gasteiger partial charge in [-0.15, -0.1) is 0 Å². The molecule has 2 atom stereocenters. The molecule has 0 saturated heterocycles. The third kappa shape index (κ3) is 4.44. The highest BCUT2D eigenvalue weighted by atomic mass is 79.9. The number of aliphatic hydroxyl groups excluding tert-OH is 1. The van der Waals surface area contributed by atoms with E-state index in [1.165, 1.54) is 12.1 Å². The Bertz CT molecular complexity index is 1940. The molecule has 2 N–H and O–H groups in total. The molecule has 0 radical (unpaired) electrons. The lowest BCUT2D eigenvalue weighted by Gasteiger charge is -2.29. The van der Waals surface area contributed by atoms with Crippen LogP contribution in [-0.4, -0.2) is 26.5 Å². The molecule has 3 heterocycles. The van der Waals surface area contributed by atoms with Gasteiger partial charge in [0, 0.05) is 42.1 Å². The number of nitrogens with zero attached hydrogens (tertiary/aromatic N) is 2. The third-order valence-corrected chi connectivity index (χ3v) is 8.33. The van der Waals surface area contributed by atoms with Gasteiger partial charge in [0.15, 0.2) is 0 Å². The Hall–Kier alpha value is -3.63. The predicted octanol–water partition coefficient (Wildman–Crippen LogP) is 8.64. The maximum absolute atomic E-state index is 15.6. The maximum Gasteiger partial charge on any atom is 0.132 e. The summed E-state index contributed by atoms with van der Waals surface area (Å²) in [5, 5.41) is 17.1. The lowest BCUT2D eigenvalue weighted by molar-refractivity contribution is -0.0172. The summed E-state index contributed by atoms with van der Waals surface area (Å²) in [6.07, 6.45) is -1.90. The van der Waals surface area contributed by atoms with Gasteiger partial charge >= 0.3 is 0 Å². The first-order valence-electron chi connectivity index (χ1n) is 12.9. The van der Waals surface area contributed by atoms with Gasteiger partial charge < -0.3 is 14.8 Å². The molecule has 204 valence electrons. The zero-order valence-electron chi connectivity index (χ0n) is 21.3. The van der Waals surface area contributed by atoms with Gasteiger partial charge in [-0.2, -0.15) is 5.10 Å². The highest BCUT2D eigenvalue weighted by Gasteiger charge is 2.38. The highest BCUT2D eigenvalue weighted by Crippen LogP contribution is 2.47. The number of aromatic nitrogens is 3. The summed E-state index contributed by atoms with van der Waals surface area (Å²) in [5.41, 5.74) is 4.79. The Balaban J connectivity index is 1.58. The van der Waals surface area contributed by atoms with Crippen molar-refractivity contribution in [2.75, 3.05) is 6.61 Å². The Kier molecular flexibility index (Phi) is 6.62. The van der Waals surface area contributed by atoms with E-state index in [0.717, 1.165) is 16.6 Å². The smallest absolute Gasteiger partial charge is 0.132 e. The van der Waals surface area contributed by atoms with Gasteiger partial charge in [0.05, 0.1) is 23.7 Å². The molecule has 0 bridgehead atoms. The number of hydrogen-bond acceptors (Lipinski definition) is 3. The van der Waals surface area contributed by atoms with Crippen LogP contribution in [-0.2, 0) is 4.74 Å². The first kappa shape index (κ1) is 26.3. The van der Waals surface area contributed by atoms with E-state index < -0.39 is 23.8 Å². The molecule has 6 aromatic rings. The SMILES string of the molecule is O[C@@H]1CO[C@@H](c2ccc(Br)cc2F)c2c(-c3[nH]c4ccccc4c3-c3ccc(Br)cc3F)nn(-c3ccccc3)c21. The van der Waals surface area contributed by atoms with Crippen molar-refractivity contribution >= 4 is 42.8 Å². The van der Waals surface area contributed by atoms with Crippen molar-refractivity contribution < 1.29 is 18.6 Å². The summed E-state index contributed by atoms with van der Waals surface area (Å²) >= 11 is 6.69. The van der Waals surface area contributed by atoms with Crippen molar-refractivity contribution in [1.29, 1.82) is 0 Å². The van der Waals surface area contributed by atoms with E-state index in [1.807, 2.05) is 54.6 Å². The Labute approximate surface area is 250 Å². The second-order valence-electron chi connectivity index (χ2n) is 9.83. The number of halogens is 4. The zero-order chi connectivity index (χ0) is 28.2. The van der Waals surface area contributed by atoms with Crippen molar-refractivity contribution in [3.63, 3.8) is 0 Å². The molecule has 1 aliphatic heterocycles. The summed E-state index contributed by atoms with van der Waals surface area (Å²) in [5.74, 6) is -0.866. The number of aliphatic hydroxyl groups is 1. The largest absolute Gasteiger partial charge is 0.384 e. The van der Waals surface area contributed by atoms with E-state index in [2.05, 4.69) is 36.8 Å². The average Bonchev–Trinajstić information content (AvgIpc) is 3.54. The normalized spacial score (nSPS) is 16.7. The molecule has 41 heavy (non-hydrogen) atoms. The average molecular weight is 677 g/mol. The molecule has 1 aliphatic rings. The van der Waals surface area contributed by atoms with Crippen LogP contribution in [0, 0.1) is 11.6 Å². The van der Waals surface area contributed by atoms with Crippen molar-refractivity contribution in [2.45, 2.75) is 12.2 Å². The maximum atomic E-state index is 15.6. The summed E-state index contributed by atoms with van der Waals surface area (Å²) < 4.78 is 40.0. The third-order valence-electron chi connectivity index (χ3n) is 7.35. The highest BCUT2D eigenvalue weighted by molar-refractivity contribution is 9.10. The van der Waals surface area contributed by atoms with Crippen LogP contribution in [0.2, 0.25) is 0 Å². The minimum atomic E-state index is -1.03. The number of fused-ring (bicyclic) bond motifs is 2. The van der Waals surface area contributed by atoms with Gasteiger partial charge in [-0.1, -0.05) is 80.4 Å². The van der Waals surface area contributed by atoms with Crippen molar-refractivity contribution in [3.05, 3.63) is 128 Å². The number of para-hydroxylation sites is 2. The van der Waals surface area contributed by atoms with Crippen LogP contribution < -0.4 is 0 Å². The van der Waals surface area contributed by atoms with Crippen molar-refractivity contribution in [1.82, 2.24) is 14.8 Å². The number of hydrogen-bond donors (Lipinski definition) is 2. The van der Waals surface area contributed by atoms with E-state index >= 15 is 8.78 Å². The van der Waals surface area contributed by atoms with Gasteiger partial charge in [0.2, 0.25) is 0 Å². The Morgan fingerprint density at radius 3 is 2.34 bits per heavy atom. The number of nitrogens with one attached hydrogen (secondary N) is 1. The van der Waals surface area contributed by atoms with Crippen molar-refractivity contribution in [2.24, 2.45) is 0 Å². The molecule has 0 spiro atoms. The van der Waals surface area contributed by atoms with E-state index in [4.69, 9.17) is 9.84 Å². The molecule has 4 aromatic carbocycles. The molecule has 5 nitrogen and oxygen atoms in total. The summed E-state index contributed by atoms with van der Waals surface area (Å²) in [6.45, 7) is -0.0496. The molecule has 7 rings (SSSR count). The fraction of sp³-hybridized carbons (Fsp3) is 0.0938. The lowest BCUT2D eigenvalue weighted by Crippen LogP contribution is -2.24. The standard InChI is InChI=1S/C32H21Br2F2N3O2/c33-17-10-12-20(23(35)14-17)27-22-8-4-5-9-25(22)37-29(27)30-28-31(39(38-30)19-6-2-1-3-7-19)26(40)16-41-32(28)21-13-11-18(34)15-24(21)36/h1-15,26,32,37,40H,16H2/t26-,32+/m1/s1. The molecule has 0 saturated carbocycles. The molecule has 0 fully saturated rings. The van der Waals surface area contributed by atoms with Crippen molar-refractivity contribution in [3.8, 4) is 28.2 Å². The van der Waals surface area contributed by atoms with Crippen LogP contribution in [0.4, 0.5) is 8.78 Å². The van der Waals surface area contributed by atoms with Crippen LogP contribution in [0.15, 0.2) is 99.9 Å². The fourth-order valence-electron chi connectivity index (χ4n) is 5.57. The van der Waals surface area contributed by atoms with E-state index in [1.54, 1.807) is 28.9 Å². The molecule has 0 unspecified atom stereocenters. The van der Waals surface area contributed by atoms with Gasteiger partial charge in [0.1, 0.15) is 29.5 Å². The molecule has 2 aromatic heterocycles. The van der Waals surface area contributed by atoms with Crippen LogP contribution >= 0.6 is 31.9 Å². The van der Waals surface area contributed by atoms with Gasteiger partial charge in [-0.3, -0.25) is 0 Å². The fourth-order valence-corrected chi connectivity index (χ4v) is 6.24.